The Bertz CT molecular complexity index is 210. The van der Waals surface area contributed by atoms with Gasteiger partial charge >= 0.3 is 0 Å². The van der Waals surface area contributed by atoms with E-state index < -0.39 is 6.17 Å². The Hall–Kier alpha value is -0.150. The molecule has 1 unspecified atom stereocenters. The largest absolute Gasteiger partial charge is 0.309 e. The molecule has 1 saturated heterocycles. The van der Waals surface area contributed by atoms with Gasteiger partial charge in [-0.3, -0.25) is 4.90 Å². The first-order chi connectivity index (χ1) is 6.73. The Labute approximate surface area is 93.4 Å². The second-order valence-corrected chi connectivity index (χ2v) is 6.01. The predicted octanol–water partition coefficient (Wildman–Crippen LogP) is 2.00. The Balaban J connectivity index is 2.70. The molecule has 1 aliphatic rings. The minimum absolute atomic E-state index is 0.0742. The molecule has 3 heteroatoms. The number of likely N-dealkylation sites (tertiary alicyclic amines) is 1. The van der Waals surface area contributed by atoms with Crippen molar-refractivity contribution in [2.24, 2.45) is 5.92 Å². The molecule has 0 aliphatic carbocycles. The maximum absolute atomic E-state index is 13.9. The van der Waals surface area contributed by atoms with Gasteiger partial charge in [0, 0.05) is 30.6 Å². The summed E-state index contributed by atoms with van der Waals surface area (Å²) in [5.41, 5.74) is 0.0742. The lowest BCUT2D eigenvalue weighted by atomic mass is 9.98. The molecule has 2 nitrogen and oxygen atoms in total. The summed E-state index contributed by atoms with van der Waals surface area (Å²) in [6, 6.07) is 0.336. The van der Waals surface area contributed by atoms with Crippen LogP contribution in [0.25, 0.3) is 0 Å². The maximum atomic E-state index is 13.9. The molecule has 0 saturated carbocycles. The van der Waals surface area contributed by atoms with Gasteiger partial charge in [0.15, 0.2) is 0 Å². The topological polar surface area (TPSA) is 6.48 Å². The van der Waals surface area contributed by atoms with Crippen molar-refractivity contribution in [3.8, 4) is 0 Å². The van der Waals surface area contributed by atoms with E-state index >= 15 is 0 Å². The van der Waals surface area contributed by atoms with Crippen LogP contribution in [0.4, 0.5) is 4.39 Å². The predicted molar refractivity (Wildman–Crippen MR) is 62.9 cm³/mol. The number of hydrogen-bond donors (Lipinski definition) is 0. The summed E-state index contributed by atoms with van der Waals surface area (Å²) >= 11 is 0. The van der Waals surface area contributed by atoms with Gasteiger partial charge in [0.25, 0.3) is 0 Å². The third-order valence-corrected chi connectivity index (χ3v) is 3.38. The highest BCUT2D eigenvalue weighted by molar-refractivity contribution is 4.96. The number of alkyl halides is 1. The van der Waals surface area contributed by atoms with Crippen molar-refractivity contribution in [1.82, 2.24) is 9.80 Å². The third-order valence-electron chi connectivity index (χ3n) is 3.38. The molecule has 1 heterocycles. The zero-order valence-corrected chi connectivity index (χ0v) is 10.9. The van der Waals surface area contributed by atoms with Crippen LogP contribution < -0.4 is 0 Å². The van der Waals surface area contributed by atoms with E-state index in [4.69, 9.17) is 0 Å². The highest BCUT2D eigenvalue weighted by Crippen LogP contribution is 2.32. The Kier molecular flexibility index (Phi) is 3.77. The van der Waals surface area contributed by atoms with Crippen LogP contribution in [0.2, 0.25) is 0 Å². The molecule has 90 valence electrons. The van der Waals surface area contributed by atoms with Crippen LogP contribution in [0, 0.1) is 5.92 Å². The van der Waals surface area contributed by atoms with Crippen LogP contribution >= 0.6 is 0 Å². The average Bonchev–Trinajstić information content (AvgIpc) is 2.30. The van der Waals surface area contributed by atoms with Crippen LogP contribution in [-0.4, -0.2) is 54.7 Å². The summed E-state index contributed by atoms with van der Waals surface area (Å²) in [5, 5.41) is 0. The third kappa shape index (κ3) is 2.91. The Morgan fingerprint density at radius 1 is 1.33 bits per heavy atom. The molecule has 3 atom stereocenters. The summed E-state index contributed by atoms with van der Waals surface area (Å²) in [5.74, 6) is 0.152. The maximum Gasteiger partial charge on any atom is 0.118 e. The van der Waals surface area contributed by atoms with E-state index in [1.54, 1.807) is 0 Å². The average molecular weight is 216 g/mol. The zero-order chi connectivity index (χ0) is 11.8. The van der Waals surface area contributed by atoms with Crippen LogP contribution in [0.5, 0.6) is 0 Å². The smallest absolute Gasteiger partial charge is 0.118 e. The number of halogens is 1. The van der Waals surface area contributed by atoms with Crippen molar-refractivity contribution in [1.29, 1.82) is 0 Å². The molecule has 1 aliphatic heterocycles. The van der Waals surface area contributed by atoms with Gasteiger partial charge in [-0.1, -0.05) is 0 Å². The van der Waals surface area contributed by atoms with E-state index in [-0.39, 0.29) is 11.5 Å². The molecule has 0 aromatic carbocycles. The minimum Gasteiger partial charge on any atom is -0.309 e. The van der Waals surface area contributed by atoms with Crippen molar-refractivity contribution in [3.05, 3.63) is 0 Å². The van der Waals surface area contributed by atoms with Crippen LogP contribution in [-0.2, 0) is 0 Å². The lowest BCUT2D eigenvalue weighted by Crippen LogP contribution is -2.45. The molecule has 0 bridgehead atoms. The van der Waals surface area contributed by atoms with Crippen molar-refractivity contribution in [3.63, 3.8) is 0 Å². The summed E-state index contributed by atoms with van der Waals surface area (Å²) in [4.78, 5) is 4.37. The van der Waals surface area contributed by atoms with E-state index in [9.17, 15) is 4.39 Å². The van der Waals surface area contributed by atoms with Gasteiger partial charge in [-0.05, 0) is 41.8 Å². The van der Waals surface area contributed by atoms with Crippen molar-refractivity contribution in [2.75, 3.05) is 27.2 Å². The summed E-state index contributed by atoms with van der Waals surface area (Å²) in [7, 11) is 4.03. The van der Waals surface area contributed by atoms with E-state index in [0.717, 1.165) is 6.54 Å². The van der Waals surface area contributed by atoms with Gasteiger partial charge in [0.2, 0.25) is 0 Å². The second-order valence-electron chi connectivity index (χ2n) is 6.01. The fourth-order valence-electron chi connectivity index (χ4n) is 2.60. The molecule has 0 aromatic heterocycles. The number of rotatable bonds is 2. The van der Waals surface area contributed by atoms with Gasteiger partial charge in [-0.2, -0.15) is 0 Å². The van der Waals surface area contributed by atoms with Crippen LogP contribution in [0.3, 0.4) is 0 Å². The first-order valence-electron chi connectivity index (χ1n) is 5.79. The molecule has 0 spiro atoms. The molecule has 0 N–H and O–H groups in total. The standard InChI is InChI=1S/C12H25FN2/c1-9-10(7-14(5)6)11(13)8-15(9)12(2,3)4/h9-11H,7-8H2,1-6H3/t9-,10?,11+/m1/s1. The highest BCUT2D eigenvalue weighted by Gasteiger charge is 2.43. The van der Waals surface area contributed by atoms with Crippen molar-refractivity contribution < 1.29 is 4.39 Å². The normalized spacial score (nSPS) is 34.0. The molecular formula is C12H25FN2. The van der Waals surface area contributed by atoms with E-state index in [1.807, 2.05) is 14.1 Å². The summed E-state index contributed by atoms with van der Waals surface area (Å²) < 4.78 is 13.9. The minimum atomic E-state index is -0.679. The van der Waals surface area contributed by atoms with Crippen LogP contribution in [0.15, 0.2) is 0 Å². The second kappa shape index (κ2) is 4.38. The molecule has 15 heavy (non-hydrogen) atoms. The molecule has 0 amide bonds. The first-order valence-corrected chi connectivity index (χ1v) is 5.79. The first kappa shape index (κ1) is 12.9. The van der Waals surface area contributed by atoms with Gasteiger partial charge in [0.1, 0.15) is 6.17 Å². The molecule has 0 radical (unpaired) electrons. The lowest BCUT2D eigenvalue weighted by Gasteiger charge is -2.36. The van der Waals surface area contributed by atoms with E-state index in [1.165, 1.54) is 0 Å². The van der Waals surface area contributed by atoms with Gasteiger partial charge in [0.05, 0.1) is 0 Å². The Morgan fingerprint density at radius 3 is 2.20 bits per heavy atom. The fourth-order valence-corrected chi connectivity index (χ4v) is 2.60. The quantitative estimate of drug-likeness (QED) is 0.696. The zero-order valence-electron chi connectivity index (χ0n) is 10.9. The summed E-state index contributed by atoms with van der Waals surface area (Å²) in [6.45, 7) is 10.1. The molecule has 0 aromatic rings. The lowest BCUT2D eigenvalue weighted by molar-refractivity contribution is 0.111. The molecule has 1 fully saturated rings. The van der Waals surface area contributed by atoms with E-state index in [0.29, 0.717) is 12.6 Å². The monoisotopic (exact) mass is 216 g/mol. The van der Waals surface area contributed by atoms with Gasteiger partial charge < -0.3 is 4.90 Å². The van der Waals surface area contributed by atoms with Crippen molar-refractivity contribution >= 4 is 0 Å². The fraction of sp³-hybridized carbons (Fsp3) is 1.00. The van der Waals surface area contributed by atoms with E-state index in [2.05, 4.69) is 37.5 Å². The number of hydrogen-bond acceptors (Lipinski definition) is 2. The van der Waals surface area contributed by atoms with Gasteiger partial charge in [-0.15, -0.1) is 0 Å². The molecule has 1 rings (SSSR count). The SMILES string of the molecule is C[C@@H]1C(CN(C)C)[C@@H](F)CN1C(C)(C)C. The molecular weight excluding hydrogens is 191 g/mol. The van der Waals surface area contributed by atoms with Crippen LogP contribution in [0.1, 0.15) is 27.7 Å². The Morgan fingerprint density at radius 2 is 1.87 bits per heavy atom. The van der Waals surface area contributed by atoms with Gasteiger partial charge in [-0.25, -0.2) is 4.39 Å². The number of nitrogens with zero attached hydrogens (tertiary/aromatic N) is 2. The highest BCUT2D eigenvalue weighted by atomic mass is 19.1. The van der Waals surface area contributed by atoms with Crippen molar-refractivity contribution in [2.45, 2.75) is 45.4 Å². The summed E-state index contributed by atoms with van der Waals surface area (Å²) in [6.07, 6.45) is -0.679.